The minimum atomic E-state index is 1.08. The summed E-state index contributed by atoms with van der Waals surface area (Å²) in [7, 11) is 0. The summed E-state index contributed by atoms with van der Waals surface area (Å²) < 4.78 is 0. The van der Waals surface area contributed by atoms with Crippen molar-refractivity contribution < 1.29 is 0 Å². The second kappa shape index (κ2) is 6.88. The van der Waals surface area contributed by atoms with Crippen LogP contribution in [0.2, 0.25) is 0 Å². The van der Waals surface area contributed by atoms with E-state index in [2.05, 4.69) is 11.6 Å². The van der Waals surface area contributed by atoms with Gasteiger partial charge in [0.2, 0.25) is 0 Å². The first-order valence-electron chi connectivity index (χ1n) is 5.56. The van der Waals surface area contributed by atoms with E-state index in [4.69, 9.17) is 0 Å². The highest BCUT2D eigenvalue weighted by molar-refractivity contribution is 5.84. The van der Waals surface area contributed by atoms with E-state index in [1.165, 1.54) is 50.7 Å². The van der Waals surface area contributed by atoms with E-state index < -0.39 is 0 Å². The van der Waals surface area contributed by atoms with E-state index in [9.17, 15) is 0 Å². The molecule has 1 aliphatic heterocycles. The SMILES string of the molecule is C=CCCCCC1=NCCCCC1. The molecule has 0 N–H and O–H groups in total. The van der Waals surface area contributed by atoms with Crippen LogP contribution in [-0.4, -0.2) is 12.3 Å². The molecule has 74 valence electrons. The lowest BCUT2D eigenvalue weighted by molar-refractivity contribution is 0.726. The first-order valence-corrected chi connectivity index (χ1v) is 5.56. The molecule has 1 heteroatoms. The van der Waals surface area contributed by atoms with E-state index >= 15 is 0 Å². The Hall–Kier alpha value is -0.590. The molecule has 0 saturated carbocycles. The van der Waals surface area contributed by atoms with Gasteiger partial charge in [-0.2, -0.15) is 0 Å². The quantitative estimate of drug-likeness (QED) is 0.450. The van der Waals surface area contributed by atoms with Crippen LogP contribution >= 0.6 is 0 Å². The van der Waals surface area contributed by atoms with Crippen molar-refractivity contribution in [2.75, 3.05) is 6.54 Å². The van der Waals surface area contributed by atoms with Crippen molar-refractivity contribution in [3.05, 3.63) is 12.7 Å². The van der Waals surface area contributed by atoms with Crippen molar-refractivity contribution in [3.63, 3.8) is 0 Å². The molecule has 0 aromatic carbocycles. The summed E-state index contributed by atoms with van der Waals surface area (Å²) in [6, 6.07) is 0. The van der Waals surface area contributed by atoms with E-state index in [0.717, 1.165) is 13.0 Å². The Balaban J connectivity index is 2.11. The fraction of sp³-hybridized carbons (Fsp3) is 0.750. The normalized spacial score (nSPS) is 17.7. The van der Waals surface area contributed by atoms with Gasteiger partial charge in [0, 0.05) is 12.3 Å². The highest BCUT2D eigenvalue weighted by atomic mass is 14.7. The molecule has 0 radical (unpaired) electrons. The second-order valence-electron chi connectivity index (χ2n) is 3.79. The van der Waals surface area contributed by atoms with E-state index in [0.29, 0.717) is 0 Å². The maximum Gasteiger partial charge on any atom is 0.0388 e. The molecule has 1 rings (SSSR count). The van der Waals surface area contributed by atoms with Crippen LogP contribution in [0.4, 0.5) is 0 Å². The van der Waals surface area contributed by atoms with Crippen LogP contribution in [0.25, 0.3) is 0 Å². The Morgan fingerprint density at radius 2 is 2.15 bits per heavy atom. The largest absolute Gasteiger partial charge is 0.294 e. The van der Waals surface area contributed by atoms with Gasteiger partial charge in [-0.3, -0.25) is 4.99 Å². The molecular weight excluding hydrogens is 158 g/mol. The Bertz CT molecular complexity index is 170. The zero-order chi connectivity index (χ0) is 9.36. The average Bonchev–Trinajstić information content (AvgIpc) is 2.41. The third kappa shape index (κ3) is 4.87. The predicted molar refractivity (Wildman–Crippen MR) is 59.4 cm³/mol. The van der Waals surface area contributed by atoms with Crippen LogP contribution in [0, 0.1) is 0 Å². The molecule has 0 aromatic rings. The zero-order valence-corrected chi connectivity index (χ0v) is 8.60. The molecule has 0 aromatic heterocycles. The van der Waals surface area contributed by atoms with Gasteiger partial charge in [-0.1, -0.05) is 12.5 Å². The number of allylic oxidation sites excluding steroid dienone is 1. The maximum absolute atomic E-state index is 4.61. The molecule has 0 bridgehead atoms. The van der Waals surface area contributed by atoms with Crippen molar-refractivity contribution in [2.45, 2.75) is 51.4 Å². The third-order valence-corrected chi connectivity index (χ3v) is 2.58. The van der Waals surface area contributed by atoms with Crippen LogP contribution in [0.3, 0.4) is 0 Å². The van der Waals surface area contributed by atoms with Gasteiger partial charge >= 0.3 is 0 Å². The lowest BCUT2D eigenvalue weighted by Gasteiger charge is -2.02. The van der Waals surface area contributed by atoms with Gasteiger partial charge in [-0.25, -0.2) is 0 Å². The number of hydrogen-bond donors (Lipinski definition) is 0. The summed E-state index contributed by atoms with van der Waals surface area (Å²) in [4.78, 5) is 4.61. The van der Waals surface area contributed by atoms with Crippen LogP contribution in [0.15, 0.2) is 17.6 Å². The van der Waals surface area contributed by atoms with Gasteiger partial charge in [-0.05, 0) is 44.9 Å². The number of hydrogen-bond acceptors (Lipinski definition) is 1. The number of unbranched alkanes of at least 4 members (excludes halogenated alkanes) is 2. The summed E-state index contributed by atoms with van der Waals surface area (Å²) in [5, 5.41) is 0. The Morgan fingerprint density at radius 1 is 1.23 bits per heavy atom. The van der Waals surface area contributed by atoms with Crippen molar-refractivity contribution in [3.8, 4) is 0 Å². The molecule has 0 saturated heterocycles. The Labute approximate surface area is 82.0 Å². The van der Waals surface area contributed by atoms with E-state index in [1.807, 2.05) is 6.08 Å². The van der Waals surface area contributed by atoms with Gasteiger partial charge in [0.05, 0.1) is 0 Å². The molecule has 1 heterocycles. The molecule has 0 aliphatic carbocycles. The second-order valence-corrected chi connectivity index (χ2v) is 3.79. The number of rotatable bonds is 5. The first kappa shape index (κ1) is 10.5. The summed E-state index contributed by atoms with van der Waals surface area (Å²) in [6.45, 7) is 4.81. The van der Waals surface area contributed by atoms with Crippen LogP contribution in [-0.2, 0) is 0 Å². The molecule has 0 amide bonds. The van der Waals surface area contributed by atoms with E-state index in [1.54, 1.807) is 0 Å². The van der Waals surface area contributed by atoms with Crippen molar-refractivity contribution >= 4 is 5.71 Å². The molecule has 0 fully saturated rings. The number of nitrogens with zero attached hydrogens (tertiary/aromatic N) is 1. The van der Waals surface area contributed by atoms with Gasteiger partial charge < -0.3 is 0 Å². The minimum Gasteiger partial charge on any atom is -0.294 e. The fourth-order valence-corrected chi connectivity index (χ4v) is 1.76. The molecule has 1 aliphatic rings. The lowest BCUT2D eigenvalue weighted by Crippen LogP contribution is -1.97. The van der Waals surface area contributed by atoms with E-state index in [-0.39, 0.29) is 0 Å². The summed E-state index contributed by atoms with van der Waals surface area (Å²) in [5.74, 6) is 0. The van der Waals surface area contributed by atoms with Gasteiger partial charge in [0.15, 0.2) is 0 Å². The van der Waals surface area contributed by atoms with Gasteiger partial charge in [-0.15, -0.1) is 6.58 Å². The maximum atomic E-state index is 4.61. The highest BCUT2D eigenvalue weighted by Gasteiger charge is 2.03. The summed E-state index contributed by atoms with van der Waals surface area (Å²) in [6.07, 6.45) is 12.3. The predicted octanol–water partition coefficient (Wildman–Crippen LogP) is 3.75. The summed E-state index contributed by atoms with van der Waals surface area (Å²) >= 11 is 0. The highest BCUT2D eigenvalue weighted by Crippen LogP contribution is 2.12. The van der Waals surface area contributed by atoms with Crippen LogP contribution in [0.1, 0.15) is 51.4 Å². The molecule has 1 nitrogen and oxygen atoms in total. The summed E-state index contributed by atoms with van der Waals surface area (Å²) in [5.41, 5.74) is 1.47. The van der Waals surface area contributed by atoms with Crippen molar-refractivity contribution in [2.24, 2.45) is 4.99 Å². The Kier molecular flexibility index (Phi) is 5.55. The number of aliphatic imine (C=N–C) groups is 1. The molecule has 0 atom stereocenters. The molecule has 13 heavy (non-hydrogen) atoms. The van der Waals surface area contributed by atoms with Crippen LogP contribution in [0.5, 0.6) is 0 Å². The minimum absolute atomic E-state index is 1.08. The molecule has 0 spiro atoms. The van der Waals surface area contributed by atoms with Gasteiger partial charge in [0.25, 0.3) is 0 Å². The van der Waals surface area contributed by atoms with Crippen LogP contribution < -0.4 is 0 Å². The van der Waals surface area contributed by atoms with Crippen molar-refractivity contribution in [1.82, 2.24) is 0 Å². The average molecular weight is 179 g/mol. The lowest BCUT2D eigenvalue weighted by atomic mass is 10.1. The first-order chi connectivity index (χ1) is 6.43. The topological polar surface area (TPSA) is 12.4 Å². The zero-order valence-electron chi connectivity index (χ0n) is 8.60. The molecular formula is C12H21N. The monoisotopic (exact) mass is 179 g/mol. The fourth-order valence-electron chi connectivity index (χ4n) is 1.76. The third-order valence-electron chi connectivity index (χ3n) is 2.58. The standard InChI is InChI=1S/C12H21N/c1-2-3-4-6-9-12-10-7-5-8-11-13-12/h2H,1,3-11H2. The molecule has 0 unspecified atom stereocenters. The van der Waals surface area contributed by atoms with Gasteiger partial charge in [0.1, 0.15) is 0 Å². The van der Waals surface area contributed by atoms with Crippen molar-refractivity contribution in [1.29, 1.82) is 0 Å². The Morgan fingerprint density at radius 3 is 3.00 bits per heavy atom. The smallest absolute Gasteiger partial charge is 0.0388 e.